The fourth-order valence-electron chi connectivity index (χ4n) is 7.07. The van der Waals surface area contributed by atoms with Crippen molar-refractivity contribution in [3.63, 3.8) is 0 Å². The highest BCUT2D eigenvalue weighted by Crippen LogP contribution is 2.16. The summed E-state index contributed by atoms with van der Waals surface area (Å²) in [5.41, 5.74) is 0. The first-order valence-corrected chi connectivity index (χ1v) is 24.2. The van der Waals surface area contributed by atoms with Crippen LogP contribution in [-0.2, 0) is 28.6 Å². The highest BCUT2D eigenvalue weighted by atomic mass is 16.6. The third kappa shape index (κ3) is 43.1. The van der Waals surface area contributed by atoms with E-state index in [-0.39, 0.29) is 31.1 Å². The Morgan fingerprint density at radius 2 is 0.618 bits per heavy atom. The highest BCUT2D eigenvalue weighted by molar-refractivity contribution is 5.71. The molecule has 6 heteroatoms. The van der Waals surface area contributed by atoms with Crippen LogP contribution in [0.5, 0.6) is 0 Å². The zero-order chi connectivity index (χ0) is 40.1. The molecule has 0 aliphatic carbocycles. The van der Waals surface area contributed by atoms with Crippen LogP contribution in [-0.4, -0.2) is 37.2 Å². The van der Waals surface area contributed by atoms with E-state index in [2.05, 4.69) is 32.9 Å². The Morgan fingerprint density at radius 3 is 0.964 bits per heavy atom. The van der Waals surface area contributed by atoms with Crippen LogP contribution in [0, 0.1) is 0 Å². The molecule has 0 aromatic rings. The summed E-state index contributed by atoms with van der Waals surface area (Å²) in [6.07, 6.45) is 47.9. The highest BCUT2D eigenvalue weighted by Gasteiger charge is 2.19. The van der Waals surface area contributed by atoms with E-state index < -0.39 is 6.10 Å². The molecule has 0 spiro atoms. The average molecular weight is 777 g/mol. The maximum absolute atomic E-state index is 12.7. The first-order valence-electron chi connectivity index (χ1n) is 24.2. The van der Waals surface area contributed by atoms with E-state index in [4.69, 9.17) is 14.2 Å². The fraction of sp³-hybridized carbons (Fsp3) is 0.898. The average Bonchev–Trinajstić information content (AvgIpc) is 3.18. The smallest absolute Gasteiger partial charge is 0.306 e. The Labute approximate surface area is 341 Å². The molecule has 0 rings (SSSR count). The van der Waals surface area contributed by atoms with Crippen LogP contribution in [0.3, 0.4) is 0 Å². The molecular weight excluding hydrogens is 685 g/mol. The molecule has 0 heterocycles. The van der Waals surface area contributed by atoms with E-state index in [9.17, 15) is 14.4 Å². The lowest BCUT2D eigenvalue weighted by Crippen LogP contribution is -2.30. The molecule has 0 aliphatic heterocycles. The van der Waals surface area contributed by atoms with Gasteiger partial charge in [-0.1, -0.05) is 219 Å². The number of ether oxygens (including phenoxy) is 3. The van der Waals surface area contributed by atoms with Crippen LogP contribution >= 0.6 is 0 Å². The van der Waals surface area contributed by atoms with E-state index in [1.54, 1.807) is 0 Å². The van der Waals surface area contributed by atoms with Crippen molar-refractivity contribution in [2.45, 2.75) is 271 Å². The van der Waals surface area contributed by atoms with Gasteiger partial charge in [0.15, 0.2) is 6.10 Å². The van der Waals surface area contributed by atoms with Crippen LogP contribution in [0.15, 0.2) is 12.2 Å². The molecule has 0 aromatic heterocycles. The van der Waals surface area contributed by atoms with Crippen molar-refractivity contribution in [1.82, 2.24) is 0 Å². The predicted octanol–water partition coefficient (Wildman–Crippen LogP) is 15.4. The summed E-state index contributed by atoms with van der Waals surface area (Å²) >= 11 is 0. The van der Waals surface area contributed by atoms with E-state index in [0.29, 0.717) is 19.3 Å². The number of carbonyl (C=O) groups excluding carboxylic acids is 3. The van der Waals surface area contributed by atoms with Crippen LogP contribution in [0.4, 0.5) is 0 Å². The third-order valence-corrected chi connectivity index (χ3v) is 10.8. The van der Waals surface area contributed by atoms with Gasteiger partial charge in [-0.15, -0.1) is 0 Å². The minimum atomic E-state index is -0.765. The topological polar surface area (TPSA) is 78.9 Å². The number of rotatable bonds is 44. The van der Waals surface area contributed by atoms with Gasteiger partial charge in [0.2, 0.25) is 0 Å². The minimum absolute atomic E-state index is 0.0693. The van der Waals surface area contributed by atoms with Gasteiger partial charge in [0, 0.05) is 19.3 Å². The molecule has 55 heavy (non-hydrogen) atoms. The van der Waals surface area contributed by atoms with Gasteiger partial charge in [-0.2, -0.15) is 0 Å². The quantitative estimate of drug-likeness (QED) is 0.0265. The SMILES string of the molecule is CCCC/C=C\CCCCCCCC(=O)OC(COC(=O)CCCCCCCCC)COC(=O)CCCCCCCCCCCCCCCCCCCCC. The molecule has 0 fully saturated rings. The Bertz CT molecular complexity index is 854. The molecule has 0 aromatic carbocycles. The molecular formula is C49H92O6. The summed E-state index contributed by atoms with van der Waals surface area (Å²) in [5, 5.41) is 0. The molecule has 0 saturated heterocycles. The Balaban J connectivity index is 4.17. The van der Waals surface area contributed by atoms with E-state index >= 15 is 0 Å². The van der Waals surface area contributed by atoms with Crippen molar-refractivity contribution >= 4 is 17.9 Å². The van der Waals surface area contributed by atoms with Gasteiger partial charge in [0.1, 0.15) is 13.2 Å². The lowest BCUT2D eigenvalue weighted by molar-refractivity contribution is -0.167. The van der Waals surface area contributed by atoms with Gasteiger partial charge >= 0.3 is 17.9 Å². The standard InChI is InChI=1S/C49H92O6/c1-4-7-10-13-16-18-20-21-22-23-24-25-26-27-29-30-33-36-39-42-48(51)54-45-46(44-53-47(50)41-38-35-32-15-12-9-6-3)55-49(52)43-40-37-34-31-28-19-17-14-11-8-5-2/h14,17,46H,4-13,15-16,18-45H2,1-3H3/b17-14-. The van der Waals surface area contributed by atoms with Gasteiger partial charge < -0.3 is 14.2 Å². The summed E-state index contributed by atoms with van der Waals surface area (Å²) in [5.74, 6) is -0.875. The van der Waals surface area contributed by atoms with Crippen molar-refractivity contribution < 1.29 is 28.6 Å². The number of carbonyl (C=O) groups is 3. The van der Waals surface area contributed by atoms with Crippen LogP contribution in [0.1, 0.15) is 265 Å². The van der Waals surface area contributed by atoms with Gasteiger partial charge in [-0.3, -0.25) is 14.4 Å². The Hall–Kier alpha value is -1.85. The first kappa shape index (κ1) is 53.1. The van der Waals surface area contributed by atoms with Gasteiger partial charge in [-0.25, -0.2) is 0 Å². The van der Waals surface area contributed by atoms with Gasteiger partial charge in [0.05, 0.1) is 0 Å². The molecule has 1 atom stereocenters. The number of allylic oxidation sites excluding steroid dienone is 2. The molecule has 0 bridgehead atoms. The van der Waals surface area contributed by atoms with Crippen LogP contribution < -0.4 is 0 Å². The van der Waals surface area contributed by atoms with E-state index in [1.165, 1.54) is 161 Å². The molecule has 0 saturated carbocycles. The maximum atomic E-state index is 12.7. The summed E-state index contributed by atoms with van der Waals surface area (Å²) in [4.78, 5) is 37.6. The lowest BCUT2D eigenvalue weighted by Gasteiger charge is -2.18. The second-order valence-corrected chi connectivity index (χ2v) is 16.4. The molecule has 0 amide bonds. The summed E-state index contributed by atoms with van der Waals surface area (Å²) in [6, 6.07) is 0. The van der Waals surface area contributed by atoms with Gasteiger partial charge in [-0.05, 0) is 38.5 Å². The van der Waals surface area contributed by atoms with Crippen LogP contribution in [0.2, 0.25) is 0 Å². The van der Waals surface area contributed by atoms with Crippen LogP contribution in [0.25, 0.3) is 0 Å². The molecule has 0 aliphatic rings. The molecule has 6 nitrogen and oxygen atoms in total. The number of esters is 3. The van der Waals surface area contributed by atoms with Crippen molar-refractivity contribution in [2.75, 3.05) is 13.2 Å². The third-order valence-electron chi connectivity index (χ3n) is 10.8. The van der Waals surface area contributed by atoms with Crippen molar-refractivity contribution in [1.29, 1.82) is 0 Å². The van der Waals surface area contributed by atoms with Crippen molar-refractivity contribution in [3.8, 4) is 0 Å². The second kappa shape index (κ2) is 44.9. The molecule has 0 N–H and O–H groups in total. The zero-order valence-electron chi connectivity index (χ0n) is 37.0. The summed E-state index contributed by atoms with van der Waals surface area (Å²) in [7, 11) is 0. The maximum Gasteiger partial charge on any atom is 0.306 e. The lowest BCUT2D eigenvalue weighted by atomic mass is 10.0. The largest absolute Gasteiger partial charge is 0.462 e. The summed E-state index contributed by atoms with van der Waals surface area (Å²) < 4.78 is 16.7. The normalized spacial score (nSPS) is 12.0. The Morgan fingerprint density at radius 1 is 0.345 bits per heavy atom. The first-order chi connectivity index (χ1) is 27.0. The van der Waals surface area contributed by atoms with E-state index in [1.807, 2.05) is 0 Å². The van der Waals surface area contributed by atoms with Crippen molar-refractivity contribution in [3.05, 3.63) is 12.2 Å². The van der Waals surface area contributed by atoms with Gasteiger partial charge in [0.25, 0.3) is 0 Å². The monoisotopic (exact) mass is 777 g/mol. The zero-order valence-corrected chi connectivity index (χ0v) is 37.0. The molecule has 1 unspecified atom stereocenters. The number of unbranched alkanes of at least 4 members (excludes halogenated alkanes) is 31. The van der Waals surface area contributed by atoms with E-state index in [0.717, 1.165) is 64.2 Å². The second-order valence-electron chi connectivity index (χ2n) is 16.4. The predicted molar refractivity (Wildman–Crippen MR) is 233 cm³/mol. The summed E-state index contributed by atoms with van der Waals surface area (Å²) in [6.45, 7) is 6.57. The number of hydrogen-bond donors (Lipinski definition) is 0. The molecule has 324 valence electrons. The number of hydrogen-bond acceptors (Lipinski definition) is 6. The Kier molecular flexibility index (Phi) is 43.4. The minimum Gasteiger partial charge on any atom is -0.462 e. The van der Waals surface area contributed by atoms with Crippen molar-refractivity contribution in [2.24, 2.45) is 0 Å². The fourth-order valence-corrected chi connectivity index (χ4v) is 7.07. The molecule has 0 radical (unpaired) electrons.